The van der Waals surface area contributed by atoms with Gasteiger partial charge >= 0.3 is 0 Å². The quantitative estimate of drug-likeness (QED) is 0.191. The summed E-state index contributed by atoms with van der Waals surface area (Å²) in [6, 6.07) is 16.9. The third kappa shape index (κ3) is 5.69. The van der Waals surface area contributed by atoms with Crippen LogP contribution in [0.5, 0.6) is 11.5 Å². The number of benzene rings is 3. The maximum Gasteiger partial charge on any atom is 0.293 e. The minimum atomic E-state index is -0.509. The van der Waals surface area contributed by atoms with Crippen LogP contribution in [0.1, 0.15) is 22.3 Å². The van der Waals surface area contributed by atoms with E-state index in [0.29, 0.717) is 34.3 Å². The number of aryl methyl sites for hydroxylation is 1. The number of nitro groups is 1. The molecule has 1 saturated heterocycles. The standard InChI is InChI=1S/C26H21ClN2O6S/c1-16-4-3-5-18(10-16)15-35-24-21(27)11-19(12-22(24)34-2)13-23-25(30)28(26(31)36-23)14-17-6-8-20(9-7-17)29(32)33/h3-13H,14-15H2,1-2H3/b23-13-. The second-order valence-electron chi connectivity index (χ2n) is 8.00. The van der Waals surface area contributed by atoms with Gasteiger partial charge in [-0.05, 0) is 53.6 Å². The average molecular weight is 525 g/mol. The van der Waals surface area contributed by atoms with E-state index in [1.807, 2.05) is 31.2 Å². The van der Waals surface area contributed by atoms with E-state index in [4.69, 9.17) is 21.1 Å². The fourth-order valence-corrected chi connectivity index (χ4v) is 4.73. The lowest BCUT2D eigenvalue weighted by molar-refractivity contribution is -0.384. The van der Waals surface area contributed by atoms with Crippen molar-refractivity contribution in [1.29, 1.82) is 0 Å². The van der Waals surface area contributed by atoms with Crippen molar-refractivity contribution >= 4 is 46.3 Å². The maximum atomic E-state index is 12.9. The first kappa shape index (κ1) is 25.3. The maximum absolute atomic E-state index is 12.9. The molecule has 10 heteroatoms. The highest BCUT2D eigenvalue weighted by molar-refractivity contribution is 8.18. The Labute approximate surface area is 216 Å². The molecular formula is C26H21ClN2O6S. The van der Waals surface area contributed by atoms with Gasteiger partial charge in [-0.3, -0.25) is 24.6 Å². The minimum Gasteiger partial charge on any atom is -0.493 e. The number of nitrogens with zero attached hydrogens (tertiary/aromatic N) is 2. The monoisotopic (exact) mass is 524 g/mol. The Morgan fingerprint density at radius 3 is 2.50 bits per heavy atom. The van der Waals surface area contributed by atoms with Gasteiger partial charge in [0.15, 0.2) is 11.5 Å². The molecule has 2 amide bonds. The molecule has 0 aromatic heterocycles. The zero-order valence-electron chi connectivity index (χ0n) is 19.4. The van der Waals surface area contributed by atoms with Crippen molar-refractivity contribution in [2.45, 2.75) is 20.1 Å². The molecule has 184 valence electrons. The van der Waals surface area contributed by atoms with Crippen LogP contribution in [0.4, 0.5) is 10.5 Å². The number of amides is 2. The van der Waals surface area contributed by atoms with Crippen LogP contribution < -0.4 is 9.47 Å². The van der Waals surface area contributed by atoms with E-state index in [1.165, 1.54) is 31.4 Å². The Morgan fingerprint density at radius 1 is 1.08 bits per heavy atom. The molecule has 0 spiro atoms. The largest absolute Gasteiger partial charge is 0.493 e. The Bertz CT molecular complexity index is 1370. The molecule has 36 heavy (non-hydrogen) atoms. The molecule has 0 saturated carbocycles. The fraction of sp³-hybridized carbons (Fsp3) is 0.154. The summed E-state index contributed by atoms with van der Waals surface area (Å²) in [5.74, 6) is 0.314. The molecule has 1 aliphatic rings. The lowest BCUT2D eigenvalue weighted by atomic mass is 10.1. The van der Waals surface area contributed by atoms with Crippen LogP contribution in [0, 0.1) is 17.0 Å². The van der Waals surface area contributed by atoms with E-state index >= 15 is 0 Å². The van der Waals surface area contributed by atoms with Crippen LogP contribution in [0.15, 0.2) is 65.6 Å². The summed E-state index contributed by atoms with van der Waals surface area (Å²) in [7, 11) is 1.49. The number of hydrogen-bond acceptors (Lipinski definition) is 7. The number of ether oxygens (including phenoxy) is 2. The summed E-state index contributed by atoms with van der Waals surface area (Å²) in [4.78, 5) is 37.1. The molecule has 1 fully saturated rings. The van der Waals surface area contributed by atoms with Crippen molar-refractivity contribution < 1.29 is 24.0 Å². The summed E-state index contributed by atoms with van der Waals surface area (Å²) in [6.07, 6.45) is 1.57. The molecule has 0 N–H and O–H groups in total. The lowest BCUT2D eigenvalue weighted by Crippen LogP contribution is -2.27. The van der Waals surface area contributed by atoms with Crippen LogP contribution >= 0.6 is 23.4 Å². The lowest BCUT2D eigenvalue weighted by Gasteiger charge is -2.14. The molecule has 4 rings (SSSR count). The van der Waals surface area contributed by atoms with Gasteiger partial charge in [-0.1, -0.05) is 53.6 Å². The van der Waals surface area contributed by atoms with Crippen molar-refractivity contribution in [2.75, 3.05) is 7.11 Å². The summed E-state index contributed by atoms with van der Waals surface area (Å²) in [5, 5.41) is 10.7. The van der Waals surface area contributed by atoms with Crippen LogP contribution in [0.25, 0.3) is 6.08 Å². The average Bonchev–Trinajstić information content (AvgIpc) is 3.10. The second-order valence-corrected chi connectivity index (χ2v) is 9.40. The van der Waals surface area contributed by atoms with Gasteiger partial charge in [0.2, 0.25) is 0 Å². The normalized spacial score (nSPS) is 14.4. The van der Waals surface area contributed by atoms with E-state index in [0.717, 1.165) is 27.8 Å². The molecular weight excluding hydrogens is 504 g/mol. The molecule has 0 radical (unpaired) electrons. The first-order valence-corrected chi connectivity index (χ1v) is 12.0. The molecule has 0 unspecified atom stereocenters. The molecule has 0 atom stereocenters. The number of hydrogen-bond donors (Lipinski definition) is 0. The first-order chi connectivity index (χ1) is 17.2. The molecule has 0 bridgehead atoms. The van der Waals surface area contributed by atoms with E-state index in [-0.39, 0.29) is 17.1 Å². The summed E-state index contributed by atoms with van der Waals surface area (Å²) < 4.78 is 11.4. The van der Waals surface area contributed by atoms with E-state index in [1.54, 1.807) is 18.2 Å². The molecule has 0 aliphatic carbocycles. The van der Waals surface area contributed by atoms with Crippen molar-refractivity contribution in [3.8, 4) is 11.5 Å². The third-order valence-electron chi connectivity index (χ3n) is 5.38. The SMILES string of the molecule is COc1cc(/C=C2\SC(=O)N(Cc3ccc([N+](=O)[O-])cc3)C2=O)cc(Cl)c1OCc1cccc(C)c1. The number of methoxy groups -OCH3 is 1. The number of imide groups is 1. The van der Waals surface area contributed by atoms with Crippen LogP contribution in [0.3, 0.4) is 0 Å². The third-order valence-corrected chi connectivity index (χ3v) is 6.56. The second kappa shape index (κ2) is 10.8. The van der Waals surface area contributed by atoms with Crippen molar-refractivity contribution in [3.05, 3.63) is 103 Å². The number of non-ortho nitro benzene ring substituents is 1. The number of nitro benzene ring substituents is 1. The predicted octanol–water partition coefficient (Wildman–Crippen LogP) is 6.38. The molecule has 3 aromatic rings. The van der Waals surface area contributed by atoms with Gasteiger partial charge in [-0.2, -0.15) is 0 Å². The van der Waals surface area contributed by atoms with Gasteiger partial charge in [0, 0.05) is 12.1 Å². The van der Waals surface area contributed by atoms with Crippen LogP contribution in [-0.2, 0) is 17.9 Å². The van der Waals surface area contributed by atoms with E-state index < -0.39 is 16.1 Å². The van der Waals surface area contributed by atoms with Crippen LogP contribution in [-0.4, -0.2) is 28.1 Å². The van der Waals surface area contributed by atoms with Gasteiger partial charge in [0.05, 0.1) is 28.5 Å². The topological polar surface area (TPSA) is 99.0 Å². The molecule has 1 heterocycles. The number of thioether (sulfide) groups is 1. The highest BCUT2D eigenvalue weighted by atomic mass is 35.5. The highest BCUT2D eigenvalue weighted by Crippen LogP contribution is 2.39. The Morgan fingerprint density at radius 2 is 1.83 bits per heavy atom. The van der Waals surface area contributed by atoms with Gasteiger partial charge < -0.3 is 9.47 Å². The van der Waals surface area contributed by atoms with Crippen molar-refractivity contribution in [1.82, 2.24) is 4.90 Å². The van der Waals surface area contributed by atoms with Gasteiger partial charge in [-0.25, -0.2) is 0 Å². The highest BCUT2D eigenvalue weighted by Gasteiger charge is 2.35. The molecule has 1 aliphatic heterocycles. The van der Waals surface area contributed by atoms with E-state index in [9.17, 15) is 19.7 Å². The Hall–Kier alpha value is -3.82. The summed E-state index contributed by atoms with van der Waals surface area (Å²) in [6.45, 7) is 2.31. The molecule has 3 aromatic carbocycles. The summed E-state index contributed by atoms with van der Waals surface area (Å²) >= 11 is 7.29. The summed E-state index contributed by atoms with van der Waals surface area (Å²) in [5.41, 5.74) is 3.21. The van der Waals surface area contributed by atoms with Gasteiger partial charge in [0.25, 0.3) is 16.8 Å². The molecule has 8 nitrogen and oxygen atoms in total. The fourth-order valence-electron chi connectivity index (χ4n) is 3.61. The van der Waals surface area contributed by atoms with Crippen molar-refractivity contribution in [3.63, 3.8) is 0 Å². The van der Waals surface area contributed by atoms with E-state index in [2.05, 4.69) is 0 Å². The number of halogens is 1. The zero-order valence-corrected chi connectivity index (χ0v) is 21.0. The smallest absolute Gasteiger partial charge is 0.293 e. The number of carbonyl (C=O) groups excluding carboxylic acids is 2. The van der Waals surface area contributed by atoms with Crippen LogP contribution in [0.2, 0.25) is 5.02 Å². The number of carbonyl (C=O) groups is 2. The zero-order chi connectivity index (χ0) is 25.8. The first-order valence-electron chi connectivity index (χ1n) is 10.8. The van der Waals surface area contributed by atoms with Crippen molar-refractivity contribution in [2.24, 2.45) is 0 Å². The Balaban J connectivity index is 1.51. The van der Waals surface area contributed by atoms with Gasteiger partial charge in [-0.15, -0.1) is 0 Å². The predicted molar refractivity (Wildman–Crippen MR) is 138 cm³/mol. The number of rotatable bonds is 8. The Kier molecular flexibility index (Phi) is 7.61. The minimum absolute atomic E-state index is 0.00974. The van der Waals surface area contributed by atoms with Gasteiger partial charge in [0.1, 0.15) is 6.61 Å².